The second-order valence-electron chi connectivity index (χ2n) is 3.72. The van der Waals surface area contributed by atoms with E-state index in [4.69, 9.17) is 4.74 Å². The lowest BCUT2D eigenvalue weighted by Gasteiger charge is -2.29. The number of carbonyl (C=O) groups excluding carboxylic acids is 1. The molecule has 0 saturated heterocycles. The van der Waals surface area contributed by atoms with Gasteiger partial charge in [0, 0.05) is 13.0 Å². The van der Waals surface area contributed by atoms with Crippen molar-refractivity contribution in [2.24, 2.45) is 5.92 Å². The molecule has 0 rings (SSSR count). The highest BCUT2D eigenvalue weighted by Gasteiger charge is 2.24. The fraction of sp³-hybridized carbons (Fsp3) is 0.900. The van der Waals surface area contributed by atoms with E-state index in [-0.39, 0.29) is 11.5 Å². The van der Waals surface area contributed by atoms with E-state index in [1.54, 1.807) is 7.11 Å². The Labute approximate surface area is 75.3 Å². The topological polar surface area (TPSA) is 26.3 Å². The summed E-state index contributed by atoms with van der Waals surface area (Å²) >= 11 is 0. The highest BCUT2D eigenvalue weighted by atomic mass is 16.5. The molecule has 2 unspecified atom stereocenters. The van der Waals surface area contributed by atoms with Crippen LogP contribution in [-0.4, -0.2) is 19.0 Å². The molecule has 0 N–H and O–H groups in total. The fourth-order valence-corrected chi connectivity index (χ4v) is 1.55. The number of rotatable bonds is 6. The van der Waals surface area contributed by atoms with Gasteiger partial charge in [-0.2, -0.15) is 0 Å². The van der Waals surface area contributed by atoms with Crippen LogP contribution in [0.4, 0.5) is 0 Å². The predicted octanol–water partition coefficient (Wildman–Crippen LogP) is 2.42. The first kappa shape index (κ1) is 11.6. The van der Waals surface area contributed by atoms with Gasteiger partial charge in [0.15, 0.2) is 0 Å². The molecule has 0 aliphatic carbocycles. The van der Waals surface area contributed by atoms with E-state index in [0.717, 1.165) is 25.5 Å². The van der Waals surface area contributed by atoms with Gasteiger partial charge in [0.05, 0.1) is 5.60 Å². The maximum absolute atomic E-state index is 10.4. The largest absolute Gasteiger partial charge is 0.379 e. The molecule has 0 radical (unpaired) electrons. The second-order valence-corrected chi connectivity index (χ2v) is 3.72. The number of hydrogen-bond donors (Lipinski definition) is 0. The van der Waals surface area contributed by atoms with Crippen molar-refractivity contribution in [2.45, 2.75) is 45.6 Å². The maximum Gasteiger partial charge on any atom is 0.122 e. The van der Waals surface area contributed by atoms with Gasteiger partial charge in [0.2, 0.25) is 0 Å². The fourth-order valence-electron chi connectivity index (χ4n) is 1.55. The number of methoxy groups -OCH3 is 1. The van der Waals surface area contributed by atoms with E-state index in [2.05, 4.69) is 13.8 Å². The lowest BCUT2D eigenvalue weighted by molar-refractivity contribution is -0.113. The summed E-state index contributed by atoms with van der Waals surface area (Å²) in [5.41, 5.74) is -0.116. The van der Waals surface area contributed by atoms with E-state index in [9.17, 15) is 4.79 Å². The second kappa shape index (κ2) is 5.31. The van der Waals surface area contributed by atoms with E-state index < -0.39 is 0 Å². The summed E-state index contributed by atoms with van der Waals surface area (Å²) < 4.78 is 5.39. The van der Waals surface area contributed by atoms with Crippen LogP contribution in [0.25, 0.3) is 0 Å². The normalized spacial score (nSPS) is 18.3. The van der Waals surface area contributed by atoms with E-state index in [1.807, 2.05) is 6.92 Å². The summed E-state index contributed by atoms with van der Waals surface area (Å²) in [6, 6.07) is 0. The zero-order valence-electron chi connectivity index (χ0n) is 8.59. The van der Waals surface area contributed by atoms with Crippen LogP contribution in [0.3, 0.4) is 0 Å². The Kier molecular flexibility index (Phi) is 5.14. The molecular weight excluding hydrogens is 152 g/mol. The first-order valence-corrected chi connectivity index (χ1v) is 4.58. The van der Waals surface area contributed by atoms with Crippen LogP contribution < -0.4 is 0 Å². The molecule has 0 aromatic heterocycles. The number of aldehydes is 1. The van der Waals surface area contributed by atoms with Gasteiger partial charge in [-0.3, -0.25) is 0 Å². The van der Waals surface area contributed by atoms with E-state index in [1.165, 1.54) is 0 Å². The van der Waals surface area contributed by atoms with Crippen LogP contribution >= 0.6 is 0 Å². The first-order valence-electron chi connectivity index (χ1n) is 4.58. The summed E-state index contributed by atoms with van der Waals surface area (Å²) in [5, 5.41) is 0. The monoisotopic (exact) mass is 172 g/mol. The standard InChI is InChI=1S/C10H20O2/c1-5-6-10(3,12-4)7-9(2)8-11/h8-9H,5-7H2,1-4H3. The molecule has 0 bridgehead atoms. The molecule has 0 aromatic carbocycles. The van der Waals surface area contributed by atoms with Crippen LogP contribution in [-0.2, 0) is 9.53 Å². The summed E-state index contributed by atoms with van der Waals surface area (Å²) in [7, 11) is 1.72. The molecule has 0 fully saturated rings. The van der Waals surface area contributed by atoms with Crippen molar-refractivity contribution < 1.29 is 9.53 Å². The molecule has 0 aromatic rings. The third-order valence-electron chi connectivity index (χ3n) is 2.26. The van der Waals surface area contributed by atoms with Crippen molar-refractivity contribution in [3.05, 3.63) is 0 Å². The van der Waals surface area contributed by atoms with Gasteiger partial charge in [-0.15, -0.1) is 0 Å². The van der Waals surface area contributed by atoms with E-state index >= 15 is 0 Å². The van der Waals surface area contributed by atoms with Crippen LogP contribution in [0, 0.1) is 5.92 Å². The number of carbonyl (C=O) groups is 1. The Morgan fingerprint density at radius 1 is 1.58 bits per heavy atom. The van der Waals surface area contributed by atoms with Crippen molar-refractivity contribution in [1.29, 1.82) is 0 Å². The summed E-state index contributed by atoms with van der Waals surface area (Å²) in [4.78, 5) is 10.4. The Bertz CT molecular complexity index is 134. The molecule has 0 aliphatic rings. The Morgan fingerprint density at radius 2 is 2.17 bits per heavy atom. The van der Waals surface area contributed by atoms with Crippen LogP contribution in [0.5, 0.6) is 0 Å². The van der Waals surface area contributed by atoms with Crippen molar-refractivity contribution in [2.75, 3.05) is 7.11 Å². The number of ether oxygens (including phenoxy) is 1. The molecule has 72 valence electrons. The molecular formula is C10H20O2. The van der Waals surface area contributed by atoms with Crippen molar-refractivity contribution >= 4 is 6.29 Å². The van der Waals surface area contributed by atoms with Crippen molar-refractivity contribution in [3.8, 4) is 0 Å². The van der Waals surface area contributed by atoms with Gasteiger partial charge in [0.25, 0.3) is 0 Å². The average molecular weight is 172 g/mol. The molecule has 0 aliphatic heterocycles. The molecule has 2 heteroatoms. The molecule has 0 saturated carbocycles. The minimum Gasteiger partial charge on any atom is -0.379 e. The van der Waals surface area contributed by atoms with Crippen LogP contribution in [0.15, 0.2) is 0 Å². The summed E-state index contributed by atoms with van der Waals surface area (Å²) in [6.45, 7) is 6.12. The minimum absolute atomic E-state index is 0.0986. The quantitative estimate of drug-likeness (QED) is 0.575. The summed E-state index contributed by atoms with van der Waals surface area (Å²) in [5.74, 6) is 0.0986. The van der Waals surface area contributed by atoms with Gasteiger partial charge < -0.3 is 9.53 Å². The van der Waals surface area contributed by atoms with Gasteiger partial charge in [0.1, 0.15) is 6.29 Å². The predicted molar refractivity (Wildman–Crippen MR) is 50.2 cm³/mol. The SMILES string of the molecule is CCCC(C)(CC(C)C=O)OC. The molecule has 12 heavy (non-hydrogen) atoms. The highest BCUT2D eigenvalue weighted by Crippen LogP contribution is 2.24. The van der Waals surface area contributed by atoms with Gasteiger partial charge in [-0.05, 0) is 19.8 Å². The van der Waals surface area contributed by atoms with Gasteiger partial charge in [-0.25, -0.2) is 0 Å². The van der Waals surface area contributed by atoms with Crippen LogP contribution in [0.1, 0.15) is 40.0 Å². The Balaban J connectivity index is 4.02. The zero-order valence-corrected chi connectivity index (χ0v) is 8.59. The summed E-state index contributed by atoms with van der Waals surface area (Å²) in [6.07, 6.45) is 3.92. The Morgan fingerprint density at radius 3 is 2.50 bits per heavy atom. The van der Waals surface area contributed by atoms with Gasteiger partial charge >= 0.3 is 0 Å². The van der Waals surface area contributed by atoms with Crippen molar-refractivity contribution in [3.63, 3.8) is 0 Å². The Hall–Kier alpha value is -0.370. The maximum atomic E-state index is 10.4. The molecule has 0 heterocycles. The first-order chi connectivity index (χ1) is 5.58. The molecule has 0 spiro atoms. The molecule has 0 amide bonds. The smallest absolute Gasteiger partial charge is 0.122 e. The van der Waals surface area contributed by atoms with Crippen molar-refractivity contribution in [1.82, 2.24) is 0 Å². The average Bonchev–Trinajstić information content (AvgIpc) is 2.05. The molecule has 2 atom stereocenters. The highest BCUT2D eigenvalue weighted by molar-refractivity contribution is 5.52. The van der Waals surface area contributed by atoms with E-state index in [0.29, 0.717) is 0 Å². The minimum atomic E-state index is -0.116. The molecule has 2 nitrogen and oxygen atoms in total. The number of hydrogen-bond acceptors (Lipinski definition) is 2. The third kappa shape index (κ3) is 3.86. The third-order valence-corrected chi connectivity index (χ3v) is 2.26. The lowest BCUT2D eigenvalue weighted by atomic mass is 9.90. The van der Waals surface area contributed by atoms with Crippen LogP contribution in [0.2, 0.25) is 0 Å². The lowest BCUT2D eigenvalue weighted by Crippen LogP contribution is -2.29. The zero-order chi connectivity index (χ0) is 9.61. The van der Waals surface area contributed by atoms with Gasteiger partial charge in [-0.1, -0.05) is 20.3 Å².